The van der Waals surface area contributed by atoms with Crippen LogP contribution in [0.2, 0.25) is 0 Å². The van der Waals surface area contributed by atoms with Gasteiger partial charge in [0.1, 0.15) is 0 Å². The predicted molar refractivity (Wildman–Crippen MR) is 118 cm³/mol. The van der Waals surface area contributed by atoms with E-state index in [4.69, 9.17) is 4.52 Å². The molecule has 1 fully saturated rings. The molecule has 0 unspecified atom stereocenters. The minimum absolute atomic E-state index is 0.00933. The number of carbonyl (C=O) groups excluding carboxylic acids is 1. The maximum absolute atomic E-state index is 12.4. The SMILES string of the molecule is Cc1nn(C)c2cc(-c3noc([C@H]4CC[C@@H](NC(=O)c5ccccc5)CC4)n3)ccc12. The summed E-state index contributed by atoms with van der Waals surface area (Å²) in [4.78, 5) is 17.1. The molecule has 1 aliphatic rings. The van der Waals surface area contributed by atoms with Gasteiger partial charge >= 0.3 is 0 Å². The molecule has 7 nitrogen and oxygen atoms in total. The van der Waals surface area contributed by atoms with Gasteiger partial charge in [-0.15, -0.1) is 0 Å². The van der Waals surface area contributed by atoms with Crippen molar-refractivity contribution >= 4 is 16.8 Å². The van der Waals surface area contributed by atoms with Crippen LogP contribution in [-0.4, -0.2) is 31.9 Å². The number of hydrogen-bond acceptors (Lipinski definition) is 5. The zero-order valence-electron chi connectivity index (χ0n) is 17.7. The Morgan fingerprint density at radius 1 is 1.10 bits per heavy atom. The van der Waals surface area contributed by atoms with Crippen molar-refractivity contribution in [2.24, 2.45) is 7.05 Å². The van der Waals surface area contributed by atoms with E-state index < -0.39 is 0 Å². The Labute approximate surface area is 180 Å². The number of rotatable bonds is 4. The van der Waals surface area contributed by atoms with Crippen molar-refractivity contribution < 1.29 is 9.32 Å². The van der Waals surface area contributed by atoms with E-state index in [1.807, 2.05) is 55.1 Å². The third kappa shape index (κ3) is 3.83. The average molecular weight is 415 g/mol. The Hall–Kier alpha value is -3.48. The highest BCUT2D eigenvalue weighted by Gasteiger charge is 2.27. The van der Waals surface area contributed by atoms with Gasteiger partial charge in [0, 0.05) is 35.5 Å². The summed E-state index contributed by atoms with van der Waals surface area (Å²) in [7, 11) is 1.94. The standard InChI is InChI=1S/C24H25N5O2/c1-15-20-13-10-18(14-21(20)29(2)27-15)22-26-24(31-28-22)17-8-11-19(12-9-17)25-23(30)16-6-4-3-5-7-16/h3-7,10,13-14,17,19H,8-9,11-12H2,1-2H3,(H,25,30)/t17-,19+. The fourth-order valence-corrected chi connectivity index (χ4v) is 4.44. The molecular formula is C24H25N5O2. The lowest BCUT2D eigenvalue weighted by molar-refractivity contribution is 0.0924. The molecule has 0 bridgehead atoms. The summed E-state index contributed by atoms with van der Waals surface area (Å²) in [5, 5.41) is 13.0. The van der Waals surface area contributed by atoms with Crippen LogP contribution in [0.15, 0.2) is 53.1 Å². The smallest absolute Gasteiger partial charge is 0.251 e. The fraction of sp³-hybridized carbons (Fsp3) is 0.333. The molecule has 0 spiro atoms. The van der Waals surface area contributed by atoms with Gasteiger partial charge in [-0.1, -0.05) is 35.5 Å². The number of aromatic nitrogens is 4. The van der Waals surface area contributed by atoms with E-state index in [9.17, 15) is 4.79 Å². The zero-order valence-corrected chi connectivity index (χ0v) is 17.7. The molecule has 0 saturated heterocycles. The van der Waals surface area contributed by atoms with E-state index >= 15 is 0 Å². The molecule has 1 saturated carbocycles. The highest BCUT2D eigenvalue weighted by Crippen LogP contribution is 2.33. The number of carbonyl (C=O) groups is 1. The molecule has 2 aromatic heterocycles. The maximum Gasteiger partial charge on any atom is 0.251 e. The van der Waals surface area contributed by atoms with Crippen LogP contribution in [0.1, 0.15) is 53.5 Å². The van der Waals surface area contributed by atoms with E-state index in [-0.39, 0.29) is 17.9 Å². The van der Waals surface area contributed by atoms with Gasteiger partial charge in [-0.25, -0.2) is 0 Å². The van der Waals surface area contributed by atoms with Gasteiger partial charge in [0.2, 0.25) is 11.7 Å². The lowest BCUT2D eigenvalue weighted by Gasteiger charge is -2.27. The van der Waals surface area contributed by atoms with Gasteiger partial charge in [0.25, 0.3) is 5.91 Å². The van der Waals surface area contributed by atoms with Gasteiger partial charge in [0.15, 0.2) is 0 Å². The van der Waals surface area contributed by atoms with Crippen LogP contribution in [0, 0.1) is 6.92 Å². The Morgan fingerprint density at radius 2 is 1.87 bits per heavy atom. The second-order valence-electron chi connectivity index (χ2n) is 8.29. The predicted octanol–water partition coefficient (Wildman–Crippen LogP) is 4.39. The summed E-state index contributed by atoms with van der Waals surface area (Å²) < 4.78 is 7.50. The van der Waals surface area contributed by atoms with Crippen molar-refractivity contribution in [1.82, 2.24) is 25.2 Å². The highest BCUT2D eigenvalue weighted by molar-refractivity contribution is 5.94. The molecule has 7 heteroatoms. The van der Waals surface area contributed by atoms with Crippen LogP contribution in [-0.2, 0) is 7.05 Å². The van der Waals surface area contributed by atoms with Gasteiger partial charge in [-0.3, -0.25) is 9.48 Å². The van der Waals surface area contributed by atoms with Crippen molar-refractivity contribution in [3.63, 3.8) is 0 Å². The molecule has 5 rings (SSSR count). The molecule has 2 aromatic carbocycles. The molecule has 1 amide bonds. The molecule has 1 N–H and O–H groups in total. The quantitative estimate of drug-likeness (QED) is 0.534. The first-order chi connectivity index (χ1) is 15.1. The Balaban J connectivity index is 1.24. The number of benzene rings is 2. The third-order valence-corrected chi connectivity index (χ3v) is 6.18. The molecule has 0 radical (unpaired) electrons. The van der Waals surface area contributed by atoms with Crippen LogP contribution in [0.25, 0.3) is 22.3 Å². The molecule has 158 valence electrons. The lowest BCUT2D eigenvalue weighted by Crippen LogP contribution is -2.37. The molecule has 0 atom stereocenters. The van der Waals surface area contributed by atoms with Gasteiger partial charge < -0.3 is 9.84 Å². The fourth-order valence-electron chi connectivity index (χ4n) is 4.44. The summed E-state index contributed by atoms with van der Waals surface area (Å²) in [5.74, 6) is 1.51. The number of nitrogens with zero attached hydrogens (tertiary/aromatic N) is 4. The molecule has 2 heterocycles. The van der Waals surface area contributed by atoms with E-state index in [0.29, 0.717) is 17.3 Å². The second-order valence-corrected chi connectivity index (χ2v) is 8.29. The molecule has 31 heavy (non-hydrogen) atoms. The molecular weight excluding hydrogens is 390 g/mol. The monoisotopic (exact) mass is 415 g/mol. The van der Waals surface area contributed by atoms with Crippen molar-refractivity contribution in [1.29, 1.82) is 0 Å². The molecule has 1 aliphatic carbocycles. The second kappa shape index (κ2) is 7.98. The first-order valence-corrected chi connectivity index (χ1v) is 10.7. The Morgan fingerprint density at radius 3 is 2.65 bits per heavy atom. The maximum atomic E-state index is 12.4. The number of fused-ring (bicyclic) bond motifs is 1. The van der Waals surface area contributed by atoms with Crippen LogP contribution >= 0.6 is 0 Å². The van der Waals surface area contributed by atoms with Crippen LogP contribution in [0.5, 0.6) is 0 Å². The zero-order chi connectivity index (χ0) is 21.4. The van der Waals surface area contributed by atoms with Crippen molar-refractivity contribution in [3.8, 4) is 11.4 Å². The minimum Gasteiger partial charge on any atom is -0.349 e. The normalized spacial score (nSPS) is 18.9. The van der Waals surface area contributed by atoms with Crippen molar-refractivity contribution in [2.75, 3.05) is 0 Å². The van der Waals surface area contributed by atoms with E-state index in [0.717, 1.165) is 47.8 Å². The van der Waals surface area contributed by atoms with Crippen LogP contribution in [0.3, 0.4) is 0 Å². The van der Waals surface area contributed by atoms with Crippen LogP contribution in [0.4, 0.5) is 0 Å². The summed E-state index contributed by atoms with van der Waals surface area (Å²) in [5.41, 5.74) is 3.69. The van der Waals surface area contributed by atoms with E-state index in [1.165, 1.54) is 0 Å². The Bertz CT molecular complexity index is 1220. The summed E-state index contributed by atoms with van der Waals surface area (Å²) in [6, 6.07) is 15.7. The average Bonchev–Trinajstić information content (AvgIpc) is 3.40. The molecule has 0 aliphatic heterocycles. The largest absolute Gasteiger partial charge is 0.349 e. The van der Waals surface area contributed by atoms with Gasteiger partial charge in [-0.2, -0.15) is 10.1 Å². The summed E-state index contributed by atoms with van der Waals surface area (Å²) in [6.07, 6.45) is 3.64. The van der Waals surface area contributed by atoms with Crippen molar-refractivity contribution in [2.45, 2.75) is 44.6 Å². The number of aryl methyl sites for hydroxylation is 2. The summed E-state index contributed by atoms with van der Waals surface area (Å²) in [6.45, 7) is 2.01. The van der Waals surface area contributed by atoms with Gasteiger partial charge in [0.05, 0.1) is 11.2 Å². The lowest BCUT2D eigenvalue weighted by atomic mass is 9.86. The highest BCUT2D eigenvalue weighted by atomic mass is 16.5. The van der Waals surface area contributed by atoms with Gasteiger partial charge in [-0.05, 0) is 50.8 Å². The minimum atomic E-state index is -0.00933. The summed E-state index contributed by atoms with van der Waals surface area (Å²) >= 11 is 0. The first-order valence-electron chi connectivity index (χ1n) is 10.7. The Kier molecular flexibility index (Phi) is 5.02. The third-order valence-electron chi connectivity index (χ3n) is 6.18. The van der Waals surface area contributed by atoms with Crippen molar-refractivity contribution in [3.05, 3.63) is 65.7 Å². The van der Waals surface area contributed by atoms with E-state index in [1.54, 1.807) is 0 Å². The molecule has 4 aromatic rings. The first kappa shape index (κ1) is 19.5. The number of amides is 1. The number of hydrogen-bond donors (Lipinski definition) is 1. The number of nitrogens with one attached hydrogen (secondary N) is 1. The topological polar surface area (TPSA) is 85.8 Å². The van der Waals surface area contributed by atoms with E-state index in [2.05, 4.69) is 32.7 Å². The van der Waals surface area contributed by atoms with Crippen LogP contribution < -0.4 is 5.32 Å².